The Hall–Kier alpha value is -1.48. The third kappa shape index (κ3) is 2.68. The molecular formula is C17H26N2O. The van der Waals surface area contributed by atoms with E-state index in [1.165, 1.54) is 27.7 Å². The molecule has 0 bridgehead atoms. The lowest BCUT2D eigenvalue weighted by Gasteiger charge is -2.19. The van der Waals surface area contributed by atoms with E-state index in [0.29, 0.717) is 0 Å². The number of hydrogen-bond acceptors (Lipinski definition) is 2. The molecule has 0 saturated carbocycles. The second-order valence-electron chi connectivity index (χ2n) is 5.33. The van der Waals surface area contributed by atoms with E-state index in [1.807, 2.05) is 13.8 Å². The first kappa shape index (κ1) is 14.9. The van der Waals surface area contributed by atoms with Gasteiger partial charge in [0, 0.05) is 28.2 Å². The highest BCUT2D eigenvalue weighted by atomic mass is 16.5. The van der Waals surface area contributed by atoms with E-state index in [1.54, 1.807) is 0 Å². The highest BCUT2D eigenvalue weighted by Gasteiger charge is 2.19. The molecule has 20 heavy (non-hydrogen) atoms. The lowest BCUT2D eigenvalue weighted by molar-refractivity contribution is 0.289. The number of aromatic amines is 1. The first-order valence-corrected chi connectivity index (χ1v) is 7.68. The highest BCUT2D eigenvalue weighted by Crippen LogP contribution is 2.35. The van der Waals surface area contributed by atoms with Gasteiger partial charge >= 0.3 is 0 Å². The fourth-order valence-electron chi connectivity index (χ4n) is 2.93. The van der Waals surface area contributed by atoms with Crippen molar-refractivity contribution in [3.8, 4) is 5.75 Å². The second kappa shape index (κ2) is 6.31. The SMILES string of the molecule is CC.Cc1[nH]c2ccc3c(c2c1CC(C)N)CCCO3. The number of nitrogens with two attached hydrogens (primary N) is 1. The zero-order valence-electron chi connectivity index (χ0n) is 13.0. The monoisotopic (exact) mass is 274 g/mol. The van der Waals surface area contributed by atoms with Crippen LogP contribution in [-0.2, 0) is 12.8 Å². The molecule has 0 amide bonds. The van der Waals surface area contributed by atoms with E-state index in [9.17, 15) is 0 Å². The average Bonchev–Trinajstić information content (AvgIpc) is 2.77. The highest BCUT2D eigenvalue weighted by molar-refractivity contribution is 5.90. The topological polar surface area (TPSA) is 51.0 Å². The van der Waals surface area contributed by atoms with Crippen LogP contribution in [0.2, 0.25) is 0 Å². The van der Waals surface area contributed by atoms with Crippen molar-refractivity contribution >= 4 is 10.9 Å². The van der Waals surface area contributed by atoms with Crippen molar-refractivity contribution in [1.29, 1.82) is 0 Å². The number of ether oxygens (including phenoxy) is 1. The Morgan fingerprint density at radius 2 is 2.10 bits per heavy atom. The molecule has 2 heterocycles. The Morgan fingerprint density at radius 1 is 1.35 bits per heavy atom. The van der Waals surface area contributed by atoms with Crippen molar-refractivity contribution < 1.29 is 4.74 Å². The lowest BCUT2D eigenvalue weighted by atomic mass is 9.96. The molecule has 1 unspecified atom stereocenters. The number of rotatable bonds is 2. The molecule has 1 aliphatic rings. The number of H-pyrrole nitrogens is 1. The van der Waals surface area contributed by atoms with Gasteiger partial charge in [-0.1, -0.05) is 13.8 Å². The van der Waals surface area contributed by atoms with Crippen LogP contribution in [0.25, 0.3) is 10.9 Å². The van der Waals surface area contributed by atoms with Crippen LogP contribution < -0.4 is 10.5 Å². The molecule has 1 aromatic carbocycles. The molecule has 3 heteroatoms. The minimum Gasteiger partial charge on any atom is -0.493 e. The molecule has 2 aromatic rings. The molecule has 0 spiro atoms. The summed E-state index contributed by atoms with van der Waals surface area (Å²) in [6.45, 7) is 9.03. The molecule has 3 nitrogen and oxygen atoms in total. The number of benzene rings is 1. The summed E-state index contributed by atoms with van der Waals surface area (Å²) in [5.74, 6) is 1.05. The number of fused-ring (bicyclic) bond motifs is 3. The molecular weight excluding hydrogens is 248 g/mol. The summed E-state index contributed by atoms with van der Waals surface area (Å²) < 4.78 is 5.76. The first-order valence-electron chi connectivity index (χ1n) is 7.68. The van der Waals surface area contributed by atoms with Gasteiger partial charge in [-0.3, -0.25) is 0 Å². The predicted octanol–water partition coefficient (Wildman–Crippen LogP) is 3.72. The van der Waals surface area contributed by atoms with Crippen molar-refractivity contribution in [3.05, 3.63) is 29.0 Å². The Kier molecular flexibility index (Phi) is 4.71. The Bertz CT molecular complexity index is 584. The van der Waals surface area contributed by atoms with E-state index in [-0.39, 0.29) is 6.04 Å². The van der Waals surface area contributed by atoms with E-state index < -0.39 is 0 Å². The summed E-state index contributed by atoms with van der Waals surface area (Å²) in [6, 6.07) is 4.39. The van der Waals surface area contributed by atoms with Crippen LogP contribution in [0, 0.1) is 6.92 Å². The zero-order valence-corrected chi connectivity index (χ0v) is 13.0. The summed E-state index contributed by atoms with van der Waals surface area (Å²) in [6.07, 6.45) is 3.13. The van der Waals surface area contributed by atoms with Crippen molar-refractivity contribution in [1.82, 2.24) is 4.98 Å². The van der Waals surface area contributed by atoms with E-state index in [0.717, 1.165) is 31.6 Å². The maximum Gasteiger partial charge on any atom is 0.123 e. The standard InChI is InChI=1S/C15H20N2O.C2H6/c1-9(16)8-12-10(2)17-13-5-6-14-11(15(12)13)4-3-7-18-14;1-2/h5-6,9,17H,3-4,7-8,16H2,1-2H3;1-2H3. The Balaban J connectivity index is 0.000000704. The van der Waals surface area contributed by atoms with Gasteiger partial charge in [-0.05, 0) is 50.8 Å². The van der Waals surface area contributed by atoms with Gasteiger partial charge in [0.2, 0.25) is 0 Å². The van der Waals surface area contributed by atoms with Crippen molar-refractivity contribution in [2.24, 2.45) is 5.73 Å². The average molecular weight is 274 g/mol. The van der Waals surface area contributed by atoms with Gasteiger partial charge in [0.05, 0.1) is 6.61 Å². The number of aromatic nitrogens is 1. The molecule has 3 rings (SSSR count). The minimum atomic E-state index is 0.183. The molecule has 0 fully saturated rings. The number of hydrogen-bond donors (Lipinski definition) is 2. The van der Waals surface area contributed by atoms with Gasteiger partial charge in [-0.25, -0.2) is 0 Å². The van der Waals surface area contributed by atoms with Crippen molar-refractivity contribution in [2.75, 3.05) is 6.61 Å². The molecule has 1 aliphatic heterocycles. The zero-order chi connectivity index (χ0) is 14.7. The first-order chi connectivity index (χ1) is 9.66. The maximum absolute atomic E-state index is 5.97. The summed E-state index contributed by atoms with van der Waals surface area (Å²) >= 11 is 0. The molecule has 3 N–H and O–H groups in total. The van der Waals surface area contributed by atoms with Crippen LogP contribution in [0.15, 0.2) is 12.1 Å². The molecule has 1 atom stereocenters. The lowest BCUT2D eigenvalue weighted by Crippen LogP contribution is -2.18. The Morgan fingerprint density at radius 3 is 2.80 bits per heavy atom. The van der Waals surface area contributed by atoms with Crippen molar-refractivity contribution in [2.45, 2.75) is 53.0 Å². The largest absolute Gasteiger partial charge is 0.493 e. The third-order valence-electron chi connectivity index (χ3n) is 3.70. The summed E-state index contributed by atoms with van der Waals surface area (Å²) in [4.78, 5) is 3.47. The smallest absolute Gasteiger partial charge is 0.123 e. The summed E-state index contributed by atoms with van der Waals surface area (Å²) in [7, 11) is 0. The predicted molar refractivity (Wildman–Crippen MR) is 85.6 cm³/mol. The molecule has 110 valence electrons. The molecule has 1 aromatic heterocycles. The van der Waals surface area contributed by atoms with Crippen LogP contribution in [-0.4, -0.2) is 17.6 Å². The number of nitrogens with one attached hydrogen (secondary N) is 1. The second-order valence-corrected chi connectivity index (χ2v) is 5.33. The van der Waals surface area contributed by atoms with E-state index in [4.69, 9.17) is 10.5 Å². The van der Waals surface area contributed by atoms with Gasteiger partial charge in [0.25, 0.3) is 0 Å². The third-order valence-corrected chi connectivity index (χ3v) is 3.70. The van der Waals surface area contributed by atoms with Gasteiger partial charge in [0.1, 0.15) is 5.75 Å². The van der Waals surface area contributed by atoms with Gasteiger partial charge < -0.3 is 15.5 Å². The van der Waals surface area contributed by atoms with Crippen LogP contribution in [0.1, 0.15) is 44.0 Å². The summed E-state index contributed by atoms with van der Waals surface area (Å²) in [5.41, 5.74) is 11.2. The van der Waals surface area contributed by atoms with Crippen LogP contribution in [0.3, 0.4) is 0 Å². The quantitative estimate of drug-likeness (QED) is 0.877. The van der Waals surface area contributed by atoms with Crippen LogP contribution in [0.4, 0.5) is 0 Å². The fraction of sp³-hybridized carbons (Fsp3) is 0.529. The maximum atomic E-state index is 5.97. The van der Waals surface area contributed by atoms with Gasteiger partial charge in [0.15, 0.2) is 0 Å². The normalized spacial score (nSPS) is 15.1. The van der Waals surface area contributed by atoms with Crippen molar-refractivity contribution in [3.63, 3.8) is 0 Å². The fourth-order valence-corrected chi connectivity index (χ4v) is 2.93. The van der Waals surface area contributed by atoms with Gasteiger partial charge in [-0.2, -0.15) is 0 Å². The Labute approximate surface area is 121 Å². The van der Waals surface area contributed by atoms with E-state index >= 15 is 0 Å². The molecule has 0 aliphatic carbocycles. The number of aryl methyl sites for hydroxylation is 2. The van der Waals surface area contributed by atoms with Crippen LogP contribution >= 0.6 is 0 Å². The van der Waals surface area contributed by atoms with E-state index in [2.05, 4.69) is 31.0 Å². The molecule has 0 saturated heterocycles. The van der Waals surface area contributed by atoms with Gasteiger partial charge in [-0.15, -0.1) is 0 Å². The van der Waals surface area contributed by atoms with Crippen LogP contribution in [0.5, 0.6) is 5.75 Å². The minimum absolute atomic E-state index is 0.183. The summed E-state index contributed by atoms with van der Waals surface area (Å²) in [5, 5.41) is 1.35. The molecule has 0 radical (unpaired) electrons.